The Balaban J connectivity index is 1.65. The molecule has 4 heteroatoms. The highest BCUT2D eigenvalue weighted by Crippen LogP contribution is 2.57. The summed E-state index contributed by atoms with van der Waals surface area (Å²) in [5, 5.41) is 0. The summed E-state index contributed by atoms with van der Waals surface area (Å²) in [5.74, 6) is -1.90. The van der Waals surface area contributed by atoms with Crippen molar-refractivity contribution in [2.45, 2.75) is 32.1 Å². The molecule has 130 valence electrons. The number of nitrogens with zero attached hydrogens (tertiary/aromatic N) is 1. The Morgan fingerprint density at radius 2 is 1.54 bits per heavy atom. The molecule has 1 heterocycles. The summed E-state index contributed by atoms with van der Waals surface area (Å²) >= 11 is 0. The van der Waals surface area contributed by atoms with E-state index >= 15 is 0 Å². The van der Waals surface area contributed by atoms with E-state index in [1.807, 2.05) is 56.3 Å². The van der Waals surface area contributed by atoms with Crippen LogP contribution in [0.5, 0.6) is 0 Å². The summed E-state index contributed by atoms with van der Waals surface area (Å²) in [5.41, 5.74) is 4.79. The molecule has 0 N–H and O–H groups in total. The molecule has 2 amide bonds. The molecule has 26 heavy (non-hydrogen) atoms. The minimum Gasteiger partial charge on any atom is -0.299 e. The molecule has 0 radical (unpaired) electrons. The molecule has 1 saturated heterocycles. The van der Waals surface area contributed by atoms with Gasteiger partial charge in [-0.25, -0.2) is 4.90 Å². The fourth-order valence-corrected chi connectivity index (χ4v) is 5.08. The number of Topliss-reactive ketones (excluding diaryl/α,β-unsaturated/α-hetero) is 1. The number of hydrogen-bond acceptors (Lipinski definition) is 3. The van der Waals surface area contributed by atoms with Gasteiger partial charge in [-0.15, -0.1) is 0 Å². The fourth-order valence-electron chi connectivity index (χ4n) is 5.08. The zero-order chi connectivity index (χ0) is 18.2. The van der Waals surface area contributed by atoms with Gasteiger partial charge >= 0.3 is 0 Å². The van der Waals surface area contributed by atoms with Crippen molar-refractivity contribution in [3.8, 4) is 0 Å². The number of hydrogen-bond donors (Lipinski definition) is 0. The SMILES string of the molecule is Cc1ccc(N2C(=O)[C@@H]3[C@@H](C2=O)[C@@H]2C(=O)C[C@@H]3c3ccccc32)cc1C. The van der Waals surface area contributed by atoms with Crippen LogP contribution in [0.1, 0.15) is 40.5 Å². The predicted molar refractivity (Wildman–Crippen MR) is 96.9 cm³/mol. The van der Waals surface area contributed by atoms with Crippen molar-refractivity contribution in [2.24, 2.45) is 11.8 Å². The molecule has 0 aromatic heterocycles. The molecule has 1 aliphatic heterocycles. The topological polar surface area (TPSA) is 54.5 Å². The van der Waals surface area contributed by atoms with Crippen LogP contribution in [0.3, 0.4) is 0 Å². The van der Waals surface area contributed by atoms with Crippen LogP contribution in [0.25, 0.3) is 0 Å². The van der Waals surface area contributed by atoms with E-state index < -0.39 is 17.8 Å². The highest BCUT2D eigenvalue weighted by Gasteiger charge is 2.62. The number of carbonyl (C=O) groups excluding carboxylic acids is 3. The van der Waals surface area contributed by atoms with Gasteiger partial charge in [0.2, 0.25) is 11.8 Å². The lowest BCUT2D eigenvalue weighted by atomic mass is 9.56. The second kappa shape index (κ2) is 5.13. The average molecular weight is 345 g/mol. The van der Waals surface area contributed by atoms with Crippen molar-refractivity contribution in [3.05, 3.63) is 64.7 Å². The molecule has 0 spiro atoms. The molecule has 3 aliphatic carbocycles. The summed E-state index contributed by atoms with van der Waals surface area (Å²) in [7, 11) is 0. The number of ketones is 1. The van der Waals surface area contributed by atoms with E-state index in [9.17, 15) is 14.4 Å². The van der Waals surface area contributed by atoms with E-state index in [1.54, 1.807) is 0 Å². The van der Waals surface area contributed by atoms with Gasteiger partial charge in [0.25, 0.3) is 0 Å². The monoisotopic (exact) mass is 345 g/mol. The van der Waals surface area contributed by atoms with E-state index in [-0.39, 0.29) is 23.5 Å². The lowest BCUT2D eigenvalue weighted by Gasteiger charge is -2.43. The van der Waals surface area contributed by atoms with Gasteiger partial charge in [-0.1, -0.05) is 30.3 Å². The first-order valence-corrected chi connectivity index (χ1v) is 9.05. The van der Waals surface area contributed by atoms with Gasteiger partial charge in [0.05, 0.1) is 23.4 Å². The summed E-state index contributed by atoms with van der Waals surface area (Å²) in [6.07, 6.45) is 0.364. The number of fused-ring (bicyclic) bond motifs is 1. The van der Waals surface area contributed by atoms with Crippen molar-refractivity contribution >= 4 is 23.3 Å². The quantitative estimate of drug-likeness (QED) is 0.746. The maximum atomic E-state index is 13.2. The molecule has 2 bridgehead atoms. The van der Waals surface area contributed by atoms with Gasteiger partial charge in [-0.2, -0.15) is 0 Å². The van der Waals surface area contributed by atoms with E-state index in [0.717, 1.165) is 22.3 Å². The fraction of sp³-hybridized carbons (Fsp3) is 0.318. The normalized spacial score (nSPS) is 29.2. The summed E-state index contributed by atoms with van der Waals surface area (Å²) in [4.78, 5) is 40.5. The van der Waals surface area contributed by atoms with Crippen LogP contribution >= 0.6 is 0 Å². The maximum absolute atomic E-state index is 13.2. The number of benzene rings is 2. The van der Waals surface area contributed by atoms with Crippen LogP contribution in [-0.2, 0) is 14.4 Å². The summed E-state index contributed by atoms with van der Waals surface area (Å²) in [6.45, 7) is 3.97. The highest BCUT2D eigenvalue weighted by molar-refractivity contribution is 6.24. The van der Waals surface area contributed by atoms with Crippen LogP contribution in [0.2, 0.25) is 0 Å². The Bertz CT molecular complexity index is 993. The smallest absolute Gasteiger partial charge is 0.238 e. The number of rotatable bonds is 1. The lowest BCUT2D eigenvalue weighted by molar-refractivity contribution is -0.134. The van der Waals surface area contributed by atoms with Crippen LogP contribution in [0.15, 0.2) is 42.5 Å². The van der Waals surface area contributed by atoms with Crippen LogP contribution < -0.4 is 4.90 Å². The second-order valence-corrected chi connectivity index (χ2v) is 7.72. The number of amides is 2. The molecule has 2 aromatic carbocycles. The molecule has 2 fully saturated rings. The second-order valence-electron chi connectivity index (χ2n) is 7.72. The largest absolute Gasteiger partial charge is 0.299 e. The molecular weight excluding hydrogens is 326 g/mol. The van der Waals surface area contributed by atoms with Crippen LogP contribution in [0, 0.1) is 25.7 Å². The van der Waals surface area contributed by atoms with Gasteiger partial charge in [0, 0.05) is 12.3 Å². The zero-order valence-corrected chi connectivity index (χ0v) is 14.7. The third-order valence-corrected chi connectivity index (χ3v) is 6.44. The van der Waals surface area contributed by atoms with E-state index in [2.05, 4.69) is 0 Å². The number of aryl methyl sites for hydroxylation is 2. The molecule has 6 rings (SSSR count). The van der Waals surface area contributed by atoms with Crippen molar-refractivity contribution < 1.29 is 14.4 Å². The van der Waals surface area contributed by atoms with Crippen molar-refractivity contribution in [2.75, 3.05) is 4.90 Å². The summed E-state index contributed by atoms with van der Waals surface area (Å²) in [6, 6.07) is 13.4. The third-order valence-electron chi connectivity index (χ3n) is 6.44. The molecule has 4 nitrogen and oxygen atoms in total. The van der Waals surface area contributed by atoms with Crippen molar-refractivity contribution in [1.82, 2.24) is 0 Å². The van der Waals surface area contributed by atoms with Gasteiger partial charge in [0.15, 0.2) is 0 Å². The Labute approximate surface area is 151 Å². The molecule has 4 aliphatic rings. The minimum absolute atomic E-state index is 0.0954. The standard InChI is InChI=1S/C22H19NO3/c1-11-7-8-13(9-12(11)2)23-21(25)19-16-10-17(24)18(20(19)22(23)26)15-6-4-3-5-14(15)16/h3-9,16,18-20H,10H2,1-2H3/t16-,18+,19+,20+/m1/s1. The number of anilines is 1. The Kier molecular flexibility index (Phi) is 3.06. The molecular formula is C22H19NO3. The van der Waals surface area contributed by atoms with E-state index in [1.165, 1.54) is 4.90 Å². The van der Waals surface area contributed by atoms with Crippen molar-refractivity contribution in [3.63, 3.8) is 0 Å². The first-order chi connectivity index (χ1) is 12.5. The zero-order valence-electron chi connectivity index (χ0n) is 14.7. The highest BCUT2D eigenvalue weighted by atomic mass is 16.2. The van der Waals surface area contributed by atoms with Crippen LogP contribution in [-0.4, -0.2) is 17.6 Å². The maximum Gasteiger partial charge on any atom is 0.238 e. The first-order valence-electron chi connectivity index (χ1n) is 9.05. The Morgan fingerprint density at radius 3 is 2.27 bits per heavy atom. The Hall–Kier alpha value is -2.75. The van der Waals surface area contributed by atoms with E-state index in [4.69, 9.17) is 0 Å². The number of carbonyl (C=O) groups is 3. The average Bonchev–Trinajstić information content (AvgIpc) is 2.90. The molecule has 2 aromatic rings. The van der Waals surface area contributed by atoms with Crippen molar-refractivity contribution in [1.29, 1.82) is 0 Å². The Morgan fingerprint density at radius 1 is 0.846 bits per heavy atom. The summed E-state index contributed by atoms with van der Waals surface area (Å²) < 4.78 is 0. The lowest BCUT2D eigenvalue weighted by Crippen LogP contribution is -2.44. The molecule has 0 unspecified atom stereocenters. The first kappa shape index (κ1) is 15.5. The number of imide groups is 1. The molecule has 4 atom stereocenters. The predicted octanol–water partition coefficient (Wildman–Crippen LogP) is 3.26. The van der Waals surface area contributed by atoms with E-state index in [0.29, 0.717) is 12.1 Å². The minimum atomic E-state index is -0.551. The molecule has 1 saturated carbocycles. The van der Waals surface area contributed by atoms with Gasteiger partial charge in [-0.3, -0.25) is 14.4 Å². The third kappa shape index (κ3) is 1.82. The van der Waals surface area contributed by atoms with Gasteiger partial charge in [0.1, 0.15) is 5.78 Å². The van der Waals surface area contributed by atoms with Gasteiger partial charge in [-0.05, 0) is 48.2 Å². The van der Waals surface area contributed by atoms with Crippen LogP contribution in [0.4, 0.5) is 5.69 Å². The van der Waals surface area contributed by atoms with Gasteiger partial charge < -0.3 is 0 Å².